The van der Waals surface area contributed by atoms with Crippen LogP contribution in [0.2, 0.25) is 0 Å². The number of hydrogen-bond acceptors (Lipinski definition) is 6. The zero-order chi connectivity index (χ0) is 23.9. The molecule has 3 aliphatic heterocycles. The third kappa shape index (κ3) is 4.35. The highest BCUT2D eigenvalue weighted by atomic mass is 32.2. The van der Waals surface area contributed by atoms with Crippen LogP contribution in [0.3, 0.4) is 0 Å². The summed E-state index contributed by atoms with van der Waals surface area (Å²) in [7, 11) is -3.59. The molecule has 3 heterocycles. The van der Waals surface area contributed by atoms with Crippen molar-refractivity contribution in [1.82, 2.24) is 4.31 Å². The molecule has 180 valence electrons. The van der Waals surface area contributed by atoms with Crippen LogP contribution in [0.25, 0.3) is 0 Å². The topological polar surface area (TPSA) is 105 Å². The molecule has 0 bridgehead atoms. The third-order valence-electron chi connectivity index (χ3n) is 6.59. The van der Waals surface area contributed by atoms with Crippen LogP contribution in [-0.4, -0.2) is 51.0 Å². The smallest absolute Gasteiger partial charge is 0.244 e. The molecular weight excluding hydrogens is 458 g/mol. The van der Waals surface area contributed by atoms with Gasteiger partial charge in [0.15, 0.2) is 11.5 Å². The Bertz CT molecular complexity index is 1240. The number of carbonyl (C=O) groups is 2. The maximum absolute atomic E-state index is 13.1. The first-order chi connectivity index (χ1) is 16.3. The predicted molar refractivity (Wildman–Crippen MR) is 125 cm³/mol. The number of anilines is 2. The number of hydrogen-bond donors (Lipinski definition) is 1. The van der Waals surface area contributed by atoms with Crippen LogP contribution in [0, 0.1) is 5.92 Å². The van der Waals surface area contributed by atoms with Crippen molar-refractivity contribution < 1.29 is 27.5 Å². The summed E-state index contributed by atoms with van der Waals surface area (Å²) in [5.41, 5.74) is 1.86. The lowest BCUT2D eigenvalue weighted by molar-refractivity contribution is -0.121. The van der Waals surface area contributed by atoms with Gasteiger partial charge in [-0.2, -0.15) is 4.31 Å². The standard InChI is InChI=1S/C24H27N3O6S/c1-16-8-10-26(11-9-16)34(30,31)19-4-5-20-17(12-19)2-7-24(29)27(20)14-23(28)25-18-3-6-21-22(13-18)33-15-32-21/h3-6,12-13,16H,2,7-11,14-15H2,1H3,(H,25,28). The fourth-order valence-electron chi connectivity index (χ4n) is 4.56. The summed E-state index contributed by atoms with van der Waals surface area (Å²) < 4.78 is 38.4. The van der Waals surface area contributed by atoms with Gasteiger partial charge in [-0.05, 0) is 61.1 Å². The number of aryl methyl sites for hydroxylation is 1. The number of sulfonamides is 1. The van der Waals surface area contributed by atoms with Crippen LogP contribution < -0.4 is 19.7 Å². The summed E-state index contributed by atoms with van der Waals surface area (Å²) in [6.45, 7) is 3.14. The number of nitrogens with one attached hydrogen (secondary N) is 1. The normalized spacial score (nSPS) is 18.6. The lowest BCUT2D eigenvalue weighted by Crippen LogP contribution is -2.41. The first-order valence-electron chi connectivity index (χ1n) is 11.4. The molecule has 10 heteroatoms. The van der Waals surface area contributed by atoms with Crippen molar-refractivity contribution in [3.05, 3.63) is 42.0 Å². The van der Waals surface area contributed by atoms with Gasteiger partial charge in [0.1, 0.15) is 6.54 Å². The molecule has 0 atom stereocenters. The average molecular weight is 486 g/mol. The molecule has 0 aromatic heterocycles. The van der Waals surface area contributed by atoms with Gasteiger partial charge in [0.25, 0.3) is 0 Å². The van der Waals surface area contributed by atoms with Crippen LogP contribution in [0.15, 0.2) is 41.3 Å². The van der Waals surface area contributed by atoms with E-state index in [1.165, 1.54) is 11.0 Å². The number of amides is 2. The van der Waals surface area contributed by atoms with E-state index >= 15 is 0 Å². The second-order valence-corrected chi connectivity index (χ2v) is 10.9. The maximum Gasteiger partial charge on any atom is 0.244 e. The molecule has 1 N–H and O–H groups in total. The zero-order valence-corrected chi connectivity index (χ0v) is 19.8. The van der Waals surface area contributed by atoms with Crippen LogP contribution in [0.1, 0.15) is 31.7 Å². The Morgan fingerprint density at radius 1 is 1.06 bits per heavy atom. The molecule has 1 saturated heterocycles. The highest BCUT2D eigenvalue weighted by Gasteiger charge is 2.31. The van der Waals surface area contributed by atoms with E-state index in [1.54, 1.807) is 34.6 Å². The van der Waals surface area contributed by atoms with Crippen LogP contribution in [0.5, 0.6) is 11.5 Å². The van der Waals surface area contributed by atoms with Crippen LogP contribution in [-0.2, 0) is 26.0 Å². The molecule has 2 aromatic rings. The Morgan fingerprint density at radius 3 is 2.62 bits per heavy atom. The molecule has 0 spiro atoms. The Morgan fingerprint density at radius 2 is 1.82 bits per heavy atom. The first-order valence-corrected chi connectivity index (χ1v) is 12.9. The van der Waals surface area contributed by atoms with Crippen LogP contribution in [0.4, 0.5) is 11.4 Å². The van der Waals surface area contributed by atoms with Gasteiger partial charge < -0.3 is 19.7 Å². The second kappa shape index (κ2) is 8.92. The Labute approximate surface area is 198 Å². The fraction of sp³-hybridized carbons (Fsp3) is 0.417. The largest absolute Gasteiger partial charge is 0.454 e. The summed E-state index contributed by atoms with van der Waals surface area (Å²) >= 11 is 0. The monoisotopic (exact) mass is 485 g/mol. The lowest BCUT2D eigenvalue weighted by Gasteiger charge is -2.31. The molecule has 0 unspecified atom stereocenters. The predicted octanol–water partition coefficient (Wildman–Crippen LogP) is 2.75. The number of carbonyl (C=O) groups excluding carboxylic acids is 2. The van der Waals surface area contributed by atoms with Crippen molar-refractivity contribution in [1.29, 1.82) is 0 Å². The fourth-order valence-corrected chi connectivity index (χ4v) is 6.08. The molecule has 0 saturated carbocycles. The van der Waals surface area contributed by atoms with Gasteiger partial charge in [-0.15, -0.1) is 0 Å². The van der Waals surface area contributed by atoms with E-state index in [9.17, 15) is 18.0 Å². The van der Waals surface area contributed by atoms with Gasteiger partial charge in [0, 0.05) is 37.0 Å². The van der Waals surface area contributed by atoms with Crippen molar-refractivity contribution in [2.24, 2.45) is 5.92 Å². The van der Waals surface area contributed by atoms with Gasteiger partial charge >= 0.3 is 0 Å². The molecule has 0 aliphatic carbocycles. The van der Waals surface area contributed by atoms with Gasteiger partial charge in [-0.25, -0.2) is 8.42 Å². The molecule has 3 aliphatic rings. The summed E-state index contributed by atoms with van der Waals surface area (Å²) in [6, 6.07) is 9.91. The Balaban J connectivity index is 1.32. The third-order valence-corrected chi connectivity index (χ3v) is 8.48. The van der Waals surface area contributed by atoms with E-state index in [1.807, 2.05) is 0 Å². The molecular formula is C24H27N3O6S. The molecule has 5 rings (SSSR count). The van der Waals surface area contributed by atoms with Crippen molar-refractivity contribution in [3.8, 4) is 11.5 Å². The summed E-state index contributed by atoms with van der Waals surface area (Å²) in [5.74, 6) is 1.16. The van der Waals surface area contributed by atoms with Crippen molar-refractivity contribution in [3.63, 3.8) is 0 Å². The number of nitrogens with zero attached hydrogens (tertiary/aromatic N) is 2. The summed E-state index contributed by atoms with van der Waals surface area (Å²) in [4.78, 5) is 27.0. The number of benzene rings is 2. The molecule has 9 nitrogen and oxygen atoms in total. The molecule has 0 radical (unpaired) electrons. The highest BCUT2D eigenvalue weighted by Crippen LogP contribution is 2.35. The quantitative estimate of drug-likeness (QED) is 0.698. The minimum atomic E-state index is -3.59. The molecule has 2 aromatic carbocycles. The van der Waals surface area contributed by atoms with E-state index in [4.69, 9.17) is 9.47 Å². The van der Waals surface area contributed by atoms with Crippen molar-refractivity contribution in [2.45, 2.75) is 37.5 Å². The minimum absolute atomic E-state index is 0.139. The van der Waals surface area contributed by atoms with Crippen molar-refractivity contribution in [2.75, 3.05) is 36.6 Å². The van der Waals surface area contributed by atoms with E-state index in [0.717, 1.165) is 18.4 Å². The lowest BCUT2D eigenvalue weighted by atomic mass is 10.0. The van der Waals surface area contributed by atoms with Gasteiger partial charge in [0.05, 0.1) is 4.90 Å². The highest BCUT2D eigenvalue weighted by molar-refractivity contribution is 7.89. The van der Waals surface area contributed by atoms with E-state index in [-0.39, 0.29) is 36.5 Å². The van der Waals surface area contributed by atoms with Gasteiger partial charge in [0.2, 0.25) is 28.6 Å². The van der Waals surface area contributed by atoms with E-state index in [2.05, 4.69) is 12.2 Å². The number of piperidine rings is 1. The number of fused-ring (bicyclic) bond motifs is 2. The second-order valence-electron chi connectivity index (χ2n) is 8.97. The Kier molecular flexibility index (Phi) is 5.95. The van der Waals surface area contributed by atoms with Gasteiger partial charge in [-0.1, -0.05) is 6.92 Å². The van der Waals surface area contributed by atoms with E-state index in [0.29, 0.717) is 48.3 Å². The summed E-state index contributed by atoms with van der Waals surface area (Å²) in [6.07, 6.45) is 2.36. The van der Waals surface area contributed by atoms with Gasteiger partial charge in [-0.3, -0.25) is 9.59 Å². The maximum atomic E-state index is 13.1. The molecule has 34 heavy (non-hydrogen) atoms. The number of ether oxygens (including phenoxy) is 2. The van der Waals surface area contributed by atoms with Crippen molar-refractivity contribution >= 4 is 33.2 Å². The van der Waals surface area contributed by atoms with Crippen LogP contribution >= 0.6 is 0 Å². The molecule has 2 amide bonds. The SMILES string of the molecule is CC1CCN(S(=O)(=O)c2ccc3c(c2)CCC(=O)N3CC(=O)Nc2ccc3c(c2)OCO3)CC1. The first kappa shape index (κ1) is 22.7. The molecule has 1 fully saturated rings. The minimum Gasteiger partial charge on any atom is -0.454 e. The average Bonchev–Trinajstić information content (AvgIpc) is 3.29. The zero-order valence-electron chi connectivity index (χ0n) is 19.0. The Hall–Kier alpha value is -3.11. The summed E-state index contributed by atoms with van der Waals surface area (Å²) in [5, 5.41) is 2.78. The number of rotatable bonds is 5. The van der Waals surface area contributed by atoms with E-state index < -0.39 is 10.0 Å².